The molecule has 0 aliphatic carbocycles. The Hall–Kier alpha value is -1.88. The molecule has 5 heteroatoms. The normalized spacial score (nSPS) is 24.4. The fraction of sp³-hybridized carbons (Fsp3) is 0.619. The Bertz CT molecular complexity index is 605. The fourth-order valence-corrected chi connectivity index (χ4v) is 4.36. The first kappa shape index (κ1) is 18.9. The second-order valence-electron chi connectivity index (χ2n) is 7.67. The van der Waals surface area contributed by atoms with Gasteiger partial charge in [-0.3, -0.25) is 14.5 Å². The maximum Gasteiger partial charge on any atom is 0.303 e. The van der Waals surface area contributed by atoms with Crippen LogP contribution in [0.1, 0.15) is 50.5 Å². The molecule has 26 heavy (non-hydrogen) atoms. The Morgan fingerprint density at radius 1 is 1.04 bits per heavy atom. The van der Waals surface area contributed by atoms with Gasteiger partial charge < -0.3 is 10.0 Å². The van der Waals surface area contributed by atoms with Gasteiger partial charge in [0.15, 0.2) is 0 Å². The number of nitrogens with zero attached hydrogens (tertiary/aromatic N) is 2. The minimum atomic E-state index is -0.769. The number of likely N-dealkylation sites (tertiary alicyclic amines) is 2. The smallest absolute Gasteiger partial charge is 0.303 e. The molecule has 2 fully saturated rings. The molecule has 2 atom stereocenters. The van der Waals surface area contributed by atoms with Crippen molar-refractivity contribution in [1.82, 2.24) is 9.80 Å². The predicted molar refractivity (Wildman–Crippen MR) is 101 cm³/mol. The molecule has 0 spiro atoms. The molecule has 0 aromatic heterocycles. The standard InChI is InChI=1S/C21H30N2O3/c24-20(25)12-11-19-10-4-5-14-23(19)21(26)18-9-6-13-22(16-18)15-17-7-2-1-3-8-17/h1-3,7-8,18-19H,4-6,9-16H2,(H,24,25). The first-order valence-corrected chi connectivity index (χ1v) is 9.92. The van der Waals surface area contributed by atoms with Crippen LogP contribution in [0.2, 0.25) is 0 Å². The third-order valence-corrected chi connectivity index (χ3v) is 5.71. The quantitative estimate of drug-likeness (QED) is 0.849. The van der Waals surface area contributed by atoms with Crippen molar-refractivity contribution in [2.24, 2.45) is 5.92 Å². The molecule has 142 valence electrons. The number of rotatable bonds is 6. The number of hydrogen-bond acceptors (Lipinski definition) is 3. The first-order chi connectivity index (χ1) is 12.6. The monoisotopic (exact) mass is 358 g/mol. The van der Waals surface area contributed by atoms with E-state index in [1.807, 2.05) is 11.0 Å². The second kappa shape index (κ2) is 9.17. The lowest BCUT2D eigenvalue weighted by Crippen LogP contribution is -2.50. The summed E-state index contributed by atoms with van der Waals surface area (Å²) in [5, 5.41) is 8.98. The van der Waals surface area contributed by atoms with Gasteiger partial charge in [-0.25, -0.2) is 0 Å². The largest absolute Gasteiger partial charge is 0.481 e. The molecule has 3 rings (SSSR count). The van der Waals surface area contributed by atoms with Gasteiger partial charge in [0.05, 0.1) is 5.92 Å². The minimum absolute atomic E-state index is 0.0536. The van der Waals surface area contributed by atoms with Crippen LogP contribution >= 0.6 is 0 Å². The molecular weight excluding hydrogens is 328 g/mol. The third kappa shape index (κ3) is 5.07. The van der Waals surface area contributed by atoms with Crippen LogP contribution in [0.3, 0.4) is 0 Å². The molecule has 1 N–H and O–H groups in total. The van der Waals surface area contributed by atoms with Gasteiger partial charge in [0, 0.05) is 32.1 Å². The van der Waals surface area contributed by atoms with E-state index in [2.05, 4.69) is 29.2 Å². The summed E-state index contributed by atoms with van der Waals surface area (Å²) in [7, 11) is 0. The number of carboxylic acid groups (broad SMARTS) is 1. The molecule has 2 heterocycles. The molecule has 1 aromatic carbocycles. The van der Waals surface area contributed by atoms with E-state index in [9.17, 15) is 9.59 Å². The molecule has 0 radical (unpaired) electrons. The van der Waals surface area contributed by atoms with E-state index in [1.165, 1.54) is 5.56 Å². The zero-order chi connectivity index (χ0) is 18.4. The van der Waals surface area contributed by atoms with Crippen molar-refractivity contribution < 1.29 is 14.7 Å². The average Bonchev–Trinajstić information content (AvgIpc) is 2.67. The first-order valence-electron chi connectivity index (χ1n) is 9.92. The van der Waals surface area contributed by atoms with E-state index in [-0.39, 0.29) is 24.3 Å². The molecule has 1 amide bonds. The highest BCUT2D eigenvalue weighted by Crippen LogP contribution is 2.27. The molecule has 2 unspecified atom stereocenters. The van der Waals surface area contributed by atoms with Gasteiger partial charge in [-0.2, -0.15) is 0 Å². The summed E-state index contributed by atoms with van der Waals surface area (Å²) >= 11 is 0. The lowest BCUT2D eigenvalue weighted by molar-refractivity contribution is -0.143. The van der Waals surface area contributed by atoms with Crippen LogP contribution in [0.25, 0.3) is 0 Å². The third-order valence-electron chi connectivity index (χ3n) is 5.71. The van der Waals surface area contributed by atoms with Crippen molar-refractivity contribution in [2.75, 3.05) is 19.6 Å². The number of carbonyl (C=O) groups excluding carboxylic acids is 1. The van der Waals surface area contributed by atoms with Crippen LogP contribution in [0, 0.1) is 5.92 Å². The zero-order valence-corrected chi connectivity index (χ0v) is 15.5. The lowest BCUT2D eigenvalue weighted by atomic mass is 9.92. The van der Waals surface area contributed by atoms with Gasteiger partial charge in [-0.05, 0) is 50.6 Å². The number of hydrogen-bond donors (Lipinski definition) is 1. The van der Waals surface area contributed by atoms with Crippen LogP contribution in [0.15, 0.2) is 30.3 Å². The highest BCUT2D eigenvalue weighted by Gasteiger charge is 2.33. The van der Waals surface area contributed by atoms with Gasteiger partial charge >= 0.3 is 5.97 Å². The minimum Gasteiger partial charge on any atom is -0.481 e. The molecule has 0 bridgehead atoms. The molecule has 5 nitrogen and oxygen atoms in total. The highest BCUT2D eigenvalue weighted by molar-refractivity contribution is 5.79. The summed E-state index contributed by atoms with van der Waals surface area (Å²) in [6.45, 7) is 3.54. The van der Waals surface area contributed by atoms with Crippen molar-refractivity contribution in [3.05, 3.63) is 35.9 Å². The van der Waals surface area contributed by atoms with Gasteiger partial charge in [0.25, 0.3) is 0 Å². The molecule has 2 aliphatic heterocycles. The van der Waals surface area contributed by atoms with Gasteiger partial charge in [-0.15, -0.1) is 0 Å². The maximum absolute atomic E-state index is 13.2. The molecular formula is C21H30N2O3. The van der Waals surface area contributed by atoms with Crippen molar-refractivity contribution in [1.29, 1.82) is 0 Å². The number of piperidine rings is 2. The lowest BCUT2D eigenvalue weighted by Gasteiger charge is -2.40. The van der Waals surface area contributed by atoms with Crippen molar-refractivity contribution >= 4 is 11.9 Å². The Morgan fingerprint density at radius 2 is 1.85 bits per heavy atom. The summed E-state index contributed by atoms with van der Waals surface area (Å²) in [4.78, 5) is 28.5. The topological polar surface area (TPSA) is 60.9 Å². The van der Waals surface area contributed by atoms with E-state index in [0.29, 0.717) is 6.42 Å². The van der Waals surface area contributed by atoms with Crippen LogP contribution in [-0.4, -0.2) is 52.5 Å². The number of aliphatic carboxylic acids is 1. The molecule has 1 aromatic rings. The van der Waals surface area contributed by atoms with Gasteiger partial charge in [-0.1, -0.05) is 30.3 Å². The van der Waals surface area contributed by atoms with Crippen LogP contribution in [-0.2, 0) is 16.1 Å². The van der Waals surface area contributed by atoms with Crippen LogP contribution in [0.5, 0.6) is 0 Å². The Morgan fingerprint density at radius 3 is 2.62 bits per heavy atom. The van der Waals surface area contributed by atoms with Crippen LogP contribution < -0.4 is 0 Å². The molecule has 2 saturated heterocycles. The van der Waals surface area contributed by atoms with Crippen molar-refractivity contribution in [3.8, 4) is 0 Å². The Labute approximate surface area is 156 Å². The van der Waals surface area contributed by atoms with E-state index < -0.39 is 5.97 Å². The van der Waals surface area contributed by atoms with E-state index in [1.54, 1.807) is 0 Å². The average molecular weight is 358 g/mol. The second-order valence-corrected chi connectivity index (χ2v) is 7.67. The van der Waals surface area contributed by atoms with E-state index in [4.69, 9.17) is 5.11 Å². The number of carboxylic acids is 1. The van der Waals surface area contributed by atoms with Crippen LogP contribution in [0.4, 0.5) is 0 Å². The van der Waals surface area contributed by atoms with E-state index in [0.717, 1.165) is 58.3 Å². The summed E-state index contributed by atoms with van der Waals surface area (Å²) in [5.41, 5.74) is 1.29. The summed E-state index contributed by atoms with van der Waals surface area (Å²) in [5.74, 6) is -0.467. The number of benzene rings is 1. The summed E-state index contributed by atoms with van der Waals surface area (Å²) < 4.78 is 0. The fourth-order valence-electron chi connectivity index (χ4n) is 4.36. The van der Waals surface area contributed by atoms with Crippen molar-refractivity contribution in [3.63, 3.8) is 0 Å². The van der Waals surface area contributed by atoms with Gasteiger partial charge in [0.2, 0.25) is 5.91 Å². The predicted octanol–water partition coefficient (Wildman–Crippen LogP) is 3.14. The number of amides is 1. The van der Waals surface area contributed by atoms with Gasteiger partial charge in [0.1, 0.15) is 0 Å². The maximum atomic E-state index is 13.2. The Kier molecular flexibility index (Phi) is 6.67. The number of carbonyl (C=O) groups is 2. The zero-order valence-electron chi connectivity index (χ0n) is 15.5. The van der Waals surface area contributed by atoms with E-state index >= 15 is 0 Å². The summed E-state index contributed by atoms with van der Waals surface area (Å²) in [6.07, 6.45) is 5.82. The Balaban J connectivity index is 1.59. The summed E-state index contributed by atoms with van der Waals surface area (Å²) in [6, 6.07) is 10.5. The SMILES string of the molecule is O=C(O)CCC1CCCCN1C(=O)C1CCCN(Cc2ccccc2)C1. The van der Waals surface area contributed by atoms with Crippen molar-refractivity contribution in [2.45, 2.75) is 57.5 Å². The highest BCUT2D eigenvalue weighted by atomic mass is 16.4. The molecule has 0 saturated carbocycles. The molecule has 2 aliphatic rings.